The Morgan fingerprint density at radius 1 is 1.73 bits per heavy atom. The van der Waals surface area contributed by atoms with Gasteiger partial charge in [0.15, 0.2) is 0 Å². The van der Waals surface area contributed by atoms with E-state index in [9.17, 15) is 4.79 Å². The largest absolute Gasteiger partial charge is 0.317 e. The van der Waals surface area contributed by atoms with Crippen molar-refractivity contribution in [1.29, 1.82) is 0 Å². The summed E-state index contributed by atoms with van der Waals surface area (Å²) in [6.45, 7) is 0. The van der Waals surface area contributed by atoms with E-state index in [-0.39, 0.29) is 5.56 Å². The number of hydrogen-bond acceptors (Lipinski definition) is 1. The number of hydrogen-bond donors (Lipinski definition) is 0. The summed E-state index contributed by atoms with van der Waals surface area (Å²) in [6.07, 6.45) is 2.43. The molecule has 60 valence electrons. The van der Waals surface area contributed by atoms with Crippen LogP contribution in [0.5, 0.6) is 0 Å². The number of aromatic nitrogens is 1. The first-order valence-corrected chi connectivity index (χ1v) is 4.40. The van der Waals surface area contributed by atoms with E-state index < -0.39 is 0 Å². The van der Waals surface area contributed by atoms with Gasteiger partial charge in [-0.3, -0.25) is 4.79 Å². The van der Waals surface area contributed by atoms with Gasteiger partial charge in [0.1, 0.15) is 5.02 Å². The average Bonchev–Trinajstić information content (AvgIpc) is 2.01. The first kappa shape index (κ1) is 8.76. The van der Waals surface area contributed by atoms with Gasteiger partial charge in [-0.15, -0.1) is 9.24 Å². The molecule has 0 aliphatic carbocycles. The van der Waals surface area contributed by atoms with Gasteiger partial charge in [-0.2, -0.15) is 0 Å². The van der Waals surface area contributed by atoms with Crippen molar-refractivity contribution in [3.05, 3.63) is 33.2 Å². The zero-order chi connectivity index (χ0) is 8.43. The van der Waals surface area contributed by atoms with Gasteiger partial charge in [-0.05, 0) is 17.8 Å². The van der Waals surface area contributed by atoms with E-state index in [1.807, 2.05) is 6.07 Å². The van der Waals surface area contributed by atoms with Gasteiger partial charge in [-0.25, -0.2) is 0 Å². The van der Waals surface area contributed by atoms with Crippen molar-refractivity contribution in [2.45, 2.75) is 6.16 Å². The lowest BCUT2D eigenvalue weighted by molar-refractivity contribution is 0.855. The number of aryl methyl sites for hydroxylation is 1. The molecule has 0 amide bonds. The third kappa shape index (κ3) is 1.63. The number of halogens is 1. The van der Waals surface area contributed by atoms with Crippen molar-refractivity contribution in [3.8, 4) is 0 Å². The lowest BCUT2D eigenvalue weighted by Crippen LogP contribution is -2.17. The summed E-state index contributed by atoms with van der Waals surface area (Å²) < 4.78 is 1.46. The third-order valence-electron chi connectivity index (χ3n) is 1.51. The highest BCUT2D eigenvalue weighted by Crippen LogP contribution is 2.12. The quantitative estimate of drug-likeness (QED) is 0.613. The van der Waals surface area contributed by atoms with Gasteiger partial charge in [0.25, 0.3) is 5.56 Å². The van der Waals surface area contributed by atoms with Crippen molar-refractivity contribution in [2.24, 2.45) is 7.05 Å². The second-order valence-electron chi connectivity index (χ2n) is 2.28. The van der Waals surface area contributed by atoms with Crippen molar-refractivity contribution < 1.29 is 0 Å². The predicted octanol–water partition coefficient (Wildman–Crippen LogP) is 1.41. The molecule has 4 heteroatoms. The smallest absolute Gasteiger partial charge is 0.269 e. The van der Waals surface area contributed by atoms with Crippen LogP contribution >= 0.6 is 20.8 Å². The fourth-order valence-corrected chi connectivity index (χ4v) is 1.54. The molecule has 0 aliphatic heterocycles. The SMILES string of the molecule is Cn1ccc(CP)c(Cl)c1=O. The highest BCUT2D eigenvalue weighted by molar-refractivity contribution is 7.15. The van der Waals surface area contributed by atoms with E-state index >= 15 is 0 Å². The monoisotopic (exact) mass is 189 g/mol. The van der Waals surface area contributed by atoms with Crippen molar-refractivity contribution >= 4 is 20.8 Å². The number of rotatable bonds is 1. The van der Waals surface area contributed by atoms with E-state index in [2.05, 4.69) is 9.24 Å². The molecule has 1 atom stereocenters. The number of pyridine rings is 1. The maximum Gasteiger partial charge on any atom is 0.269 e. The molecule has 0 N–H and O–H groups in total. The summed E-state index contributed by atoms with van der Waals surface area (Å²) in [7, 11) is 4.21. The molecule has 0 saturated carbocycles. The Balaban J connectivity index is 3.37. The molecular formula is C7H9ClNOP. The summed E-state index contributed by atoms with van der Waals surface area (Å²) in [5.74, 6) is 0. The van der Waals surface area contributed by atoms with Gasteiger partial charge in [0.2, 0.25) is 0 Å². The minimum Gasteiger partial charge on any atom is -0.317 e. The molecule has 1 unspecified atom stereocenters. The van der Waals surface area contributed by atoms with E-state index in [0.717, 1.165) is 11.7 Å². The van der Waals surface area contributed by atoms with Crippen LogP contribution in [0.15, 0.2) is 17.1 Å². The fourth-order valence-electron chi connectivity index (χ4n) is 0.792. The maximum atomic E-state index is 11.2. The Kier molecular flexibility index (Phi) is 2.69. The van der Waals surface area contributed by atoms with Crippen LogP contribution in [-0.4, -0.2) is 4.57 Å². The maximum absolute atomic E-state index is 11.2. The van der Waals surface area contributed by atoms with E-state index in [4.69, 9.17) is 11.6 Å². The van der Waals surface area contributed by atoms with Crippen LogP contribution in [0.2, 0.25) is 5.02 Å². The third-order valence-corrected chi connectivity index (χ3v) is 2.35. The second kappa shape index (κ2) is 3.38. The van der Waals surface area contributed by atoms with E-state index in [1.54, 1.807) is 13.2 Å². The van der Waals surface area contributed by atoms with Crippen molar-refractivity contribution in [1.82, 2.24) is 4.57 Å². The Morgan fingerprint density at radius 2 is 2.36 bits per heavy atom. The van der Waals surface area contributed by atoms with Crippen LogP contribution in [0.4, 0.5) is 0 Å². The molecule has 0 radical (unpaired) electrons. The van der Waals surface area contributed by atoms with Crippen LogP contribution in [0, 0.1) is 0 Å². The van der Waals surface area contributed by atoms with Crippen LogP contribution < -0.4 is 5.56 Å². The lowest BCUT2D eigenvalue weighted by Gasteiger charge is -2.01. The molecule has 11 heavy (non-hydrogen) atoms. The van der Waals surface area contributed by atoms with Crippen molar-refractivity contribution in [3.63, 3.8) is 0 Å². The van der Waals surface area contributed by atoms with Gasteiger partial charge in [-0.1, -0.05) is 11.6 Å². The molecule has 1 rings (SSSR count). The zero-order valence-corrected chi connectivity index (χ0v) is 8.08. The van der Waals surface area contributed by atoms with Crippen molar-refractivity contribution in [2.75, 3.05) is 0 Å². The Hall–Kier alpha value is -0.330. The lowest BCUT2D eigenvalue weighted by atomic mass is 10.3. The molecule has 0 saturated heterocycles. The molecule has 1 aromatic heterocycles. The fraction of sp³-hybridized carbons (Fsp3) is 0.286. The Labute approximate surface area is 72.4 Å². The molecule has 1 heterocycles. The first-order valence-electron chi connectivity index (χ1n) is 3.21. The molecule has 0 fully saturated rings. The first-order chi connectivity index (χ1) is 5.16. The normalized spacial score (nSPS) is 10.1. The minimum absolute atomic E-state index is 0.133. The summed E-state index contributed by atoms with van der Waals surface area (Å²) in [5, 5.41) is 0.324. The van der Waals surface area contributed by atoms with Crippen LogP contribution in [0.25, 0.3) is 0 Å². The van der Waals surface area contributed by atoms with E-state index in [1.165, 1.54) is 4.57 Å². The summed E-state index contributed by atoms with van der Waals surface area (Å²) in [4.78, 5) is 11.2. The zero-order valence-electron chi connectivity index (χ0n) is 6.17. The molecular weight excluding hydrogens is 181 g/mol. The average molecular weight is 190 g/mol. The summed E-state index contributed by atoms with van der Waals surface area (Å²) >= 11 is 5.75. The molecule has 2 nitrogen and oxygen atoms in total. The standard InChI is InChI=1S/C7H9ClNOP/c1-9-3-2-5(4-11)6(8)7(9)10/h2-3H,4,11H2,1H3. The van der Waals surface area contributed by atoms with Crippen LogP contribution in [0.3, 0.4) is 0 Å². The van der Waals surface area contributed by atoms with Gasteiger partial charge < -0.3 is 4.57 Å². The molecule has 1 aromatic rings. The van der Waals surface area contributed by atoms with Gasteiger partial charge in [0, 0.05) is 13.2 Å². The Morgan fingerprint density at radius 3 is 2.91 bits per heavy atom. The molecule has 0 spiro atoms. The Bertz CT molecular complexity index is 321. The number of nitrogens with zero attached hydrogens (tertiary/aromatic N) is 1. The highest BCUT2D eigenvalue weighted by Gasteiger charge is 2.02. The summed E-state index contributed by atoms with van der Waals surface area (Å²) in [6, 6.07) is 1.84. The topological polar surface area (TPSA) is 22.0 Å². The van der Waals surface area contributed by atoms with Crippen LogP contribution in [0.1, 0.15) is 5.56 Å². The minimum atomic E-state index is -0.133. The second-order valence-corrected chi connectivity index (χ2v) is 3.06. The van der Waals surface area contributed by atoms with Gasteiger partial charge >= 0.3 is 0 Å². The predicted molar refractivity (Wildman–Crippen MR) is 50.1 cm³/mol. The summed E-state index contributed by atoms with van der Waals surface area (Å²) in [5.41, 5.74) is 0.742. The molecule has 0 bridgehead atoms. The van der Waals surface area contributed by atoms with Gasteiger partial charge in [0.05, 0.1) is 0 Å². The molecule has 0 aromatic carbocycles. The highest BCUT2D eigenvalue weighted by atomic mass is 35.5. The molecule has 0 aliphatic rings. The van der Waals surface area contributed by atoms with Crippen LogP contribution in [-0.2, 0) is 13.2 Å². The van der Waals surface area contributed by atoms with E-state index in [0.29, 0.717) is 5.02 Å².